The molecule has 1 aliphatic heterocycles. The van der Waals surface area contributed by atoms with Crippen LogP contribution in [0, 0.1) is 0 Å². The number of rotatable bonds is 3. The van der Waals surface area contributed by atoms with Crippen molar-refractivity contribution in [3.63, 3.8) is 0 Å². The van der Waals surface area contributed by atoms with Crippen molar-refractivity contribution < 1.29 is 0 Å². The number of benzene rings is 3. The molecule has 0 aromatic heterocycles. The lowest BCUT2D eigenvalue weighted by molar-refractivity contribution is 1.15. The van der Waals surface area contributed by atoms with Crippen LogP contribution < -0.4 is 5.19 Å². The molecule has 3 aromatic carbocycles. The summed E-state index contributed by atoms with van der Waals surface area (Å²) in [6.45, 7) is 0. The summed E-state index contributed by atoms with van der Waals surface area (Å²) in [5.74, 6) is 0. The Morgan fingerprint density at radius 1 is 0.478 bits per heavy atom. The Bertz CT molecular complexity index is 728. The van der Waals surface area contributed by atoms with Gasteiger partial charge in [0.1, 0.15) is 8.80 Å². The molecule has 1 aliphatic rings. The first-order valence-corrected chi connectivity index (χ1v) is 9.79. The smallest absolute Gasteiger partial charge is 0.0832 e. The molecule has 1 radical (unpaired) electrons. The monoisotopic (exact) mass is 311 g/mol. The van der Waals surface area contributed by atoms with Crippen molar-refractivity contribution in [3.8, 4) is 0 Å². The second kappa shape index (κ2) is 6.39. The Labute approximate surface area is 139 Å². The van der Waals surface area contributed by atoms with Crippen LogP contribution in [0.4, 0.5) is 0 Å². The predicted octanol–water partition coefficient (Wildman–Crippen LogP) is 4.60. The van der Waals surface area contributed by atoms with Crippen LogP contribution in [0.1, 0.15) is 22.2 Å². The molecule has 111 valence electrons. The summed E-state index contributed by atoms with van der Waals surface area (Å²) in [5, 5.41) is 1.52. The zero-order valence-electron chi connectivity index (χ0n) is 13.0. The van der Waals surface area contributed by atoms with Gasteiger partial charge in [-0.2, -0.15) is 0 Å². The predicted molar refractivity (Wildman–Crippen MR) is 99.3 cm³/mol. The quantitative estimate of drug-likeness (QED) is 0.490. The van der Waals surface area contributed by atoms with Gasteiger partial charge in [0, 0.05) is 11.1 Å². The molecule has 0 saturated heterocycles. The van der Waals surface area contributed by atoms with E-state index in [2.05, 4.69) is 103 Å². The topological polar surface area (TPSA) is 0 Å². The van der Waals surface area contributed by atoms with E-state index in [4.69, 9.17) is 0 Å². The lowest BCUT2D eigenvalue weighted by Crippen LogP contribution is -2.38. The van der Waals surface area contributed by atoms with Crippen molar-refractivity contribution in [2.75, 3.05) is 0 Å². The zero-order valence-corrected chi connectivity index (χ0v) is 14.0. The second-order valence-corrected chi connectivity index (χ2v) is 8.72. The maximum absolute atomic E-state index is 2.44. The van der Waals surface area contributed by atoms with Crippen molar-refractivity contribution in [2.45, 2.75) is 11.1 Å². The van der Waals surface area contributed by atoms with Crippen LogP contribution in [0.25, 0.3) is 0 Å². The zero-order chi connectivity index (χ0) is 15.5. The average Bonchev–Trinajstić information content (AvgIpc) is 3.09. The SMILES string of the molecule is C1=C[C@@H](c2ccccc2)[Si](c2ccccc2)[C@H]1c1ccccc1. The average molecular weight is 311 g/mol. The summed E-state index contributed by atoms with van der Waals surface area (Å²) >= 11 is 0. The maximum Gasteiger partial charge on any atom is 0.109 e. The first kappa shape index (κ1) is 14.2. The van der Waals surface area contributed by atoms with E-state index in [9.17, 15) is 0 Å². The van der Waals surface area contributed by atoms with E-state index >= 15 is 0 Å². The van der Waals surface area contributed by atoms with Crippen molar-refractivity contribution >= 4 is 14.0 Å². The minimum Gasteiger partial charge on any atom is -0.0832 e. The summed E-state index contributed by atoms with van der Waals surface area (Å²) in [6, 6.07) is 33.0. The lowest BCUT2D eigenvalue weighted by atomic mass is 10.1. The van der Waals surface area contributed by atoms with E-state index in [1.165, 1.54) is 16.3 Å². The van der Waals surface area contributed by atoms with Gasteiger partial charge in [-0.1, -0.05) is 108 Å². The molecule has 0 aliphatic carbocycles. The van der Waals surface area contributed by atoms with Crippen molar-refractivity contribution in [1.82, 2.24) is 0 Å². The number of allylic oxidation sites excluding steroid dienone is 2. The summed E-state index contributed by atoms with van der Waals surface area (Å²) in [4.78, 5) is 0. The molecule has 0 N–H and O–H groups in total. The van der Waals surface area contributed by atoms with Gasteiger partial charge in [0.25, 0.3) is 0 Å². The van der Waals surface area contributed by atoms with Crippen LogP contribution >= 0.6 is 0 Å². The van der Waals surface area contributed by atoms with E-state index in [0.717, 1.165) is 0 Å². The van der Waals surface area contributed by atoms with Crippen LogP contribution in [0.2, 0.25) is 0 Å². The lowest BCUT2D eigenvalue weighted by Gasteiger charge is -2.25. The highest BCUT2D eigenvalue weighted by Gasteiger charge is 2.36. The highest BCUT2D eigenvalue weighted by molar-refractivity contribution is 6.77. The minimum atomic E-state index is -0.782. The molecular weight excluding hydrogens is 292 g/mol. The third-order valence-electron chi connectivity index (χ3n) is 4.59. The standard InChI is InChI=1S/C22H19Si/c1-4-10-18(11-5-1)21-16-17-22(19-12-6-2-7-13-19)23(21)20-14-8-3-9-15-20/h1-17,21-22H/t21-,22+. The van der Waals surface area contributed by atoms with Crippen LogP contribution in [-0.2, 0) is 0 Å². The van der Waals surface area contributed by atoms with Crippen molar-refractivity contribution in [2.24, 2.45) is 0 Å². The summed E-state index contributed by atoms with van der Waals surface area (Å²) in [5.41, 5.74) is 3.96. The van der Waals surface area contributed by atoms with Gasteiger partial charge in [-0.3, -0.25) is 0 Å². The first-order valence-electron chi connectivity index (χ1n) is 8.14. The summed E-state index contributed by atoms with van der Waals surface area (Å²) in [7, 11) is -0.782. The molecule has 1 heterocycles. The third-order valence-corrected chi connectivity index (χ3v) is 7.98. The molecule has 1 heteroatoms. The fraction of sp³-hybridized carbons (Fsp3) is 0.0909. The largest absolute Gasteiger partial charge is 0.109 e. The molecular formula is C22H19Si. The minimum absolute atomic E-state index is 0.536. The van der Waals surface area contributed by atoms with Gasteiger partial charge in [-0.25, -0.2) is 0 Å². The number of hydrogen-bond acceptors (Lipinski definition) is 0. The van der Waals surface area contributed by atoms with Crippen LogP contribution in [0.3, 0.4) is 0 Å². The van der Waals surface area contributed by atoms with Crippen LogP contribution in [0.5, 0.6) is 0 Å². The van der Waals surface area contributed by atoms with Gasteiger partial charge >= 0.3 is 0 Å². The molecule has 0 unspecified atom stereocenters. The fourth-order valence-corrected chi connectivity index (χ4v) is 6.94. The number of hydrogen-bond donors (Lipinski definition) is 0. The Balaban J connectivity index is 1.78. The van der Waals surface area contributed by atoms with E-state index < -0.39 is 8.80 Å². The maximum atomic E-state index is 2.44. The Morgan fingerprint density at radius 2 is 0.870 bits per heavy atom. The molecule has 23 heavy (non-hydrogen) atoms. The van der Waals surface area contributed by atoms with E-state index in [-0.39, 0.29) is 0 Å². The van der Waals surface area contributed by atoms with Crippen molar-refractivity contribution in [1.29, 1.82) is 0 Å². The van der Waals surface area contributed by atoms with Crippen molar-refractivity contribution in [3.05, 3.63) is 114 Å². The highest BCUT2D eigenvalue weighted by atomic mass is 28.3. The molecule has 0 fully saturated rings. The Hall–Kier alpha value is -2.38. The first-order chi connectivity index (χ1) is 11.4. The Kier molecular flexibility index (Phi) is 3.95. The van der Waals surface area contributed by atoms with Gasteiger partial charge in [-0.15, -0.1) is 0 Å². The molecule has 0 amide bonds. The van der Waals surface area contributed by atoms with Crippen LogP contribution in [-0.4, -0.2) is 8.80 Å². The summed E-state index contributed by atoms with van der Waals surface area (Å²) in [6.07, 6.45) is 4.88. The fourth-order valence-electron chi connectivity index (χ4n) is 3.51. The highest BCUT2D eigenvalue weighted by Crippen LogP contribution is 2.36. The van der Waals surface area contributed by atoms with Gasteiger partial charge in [0.05, 0.1) is 0 Å². The Morgan fingerprint density at radius 3 is 1.30 bits per heavy atom. The molecule has 0 nitrogen and oxygen atoms in total. The molecule has 0 saturated carbocycles. The summed E-state index contributed by atoms with van der Waals surface area (Å²) < 4.78 is 0. The van der Waals surface area contributed by atoms with Gasteiger partial charge < -0.3 is 0 Å². The van der Waals surface area contributed by atoms with Crippen LogP contribution in [0.15, 0.2) is 103 Å². The van der Waals surface area contributed by atoms with E-state index in [1.807, 2.05) is 0 Å². The molecule has 3 aromatic rings. The molecule has 4 rings (SSSR count). The van der Waals surface area contributed by atoms with Gasteiger partial charge in [-0.05, 0) is 11.1 Å². The van der Waals surface area contributed by atoms with Gasteiger partial charge in [0.15, 0.2) is 0 Å². The molecule has 2 atom stereocenters. The molecule has 0 bridgehead atoms. The normalized spacial score (nSPS) is 20.7. The van der Waals surface area contributed by atoms with E-state index in [1.54, 1.807) is 0 Å². The third kappa shape index (κ3) is 2.80. The molecule has 0 spiro atoms. The van der Waals surface area contributed by atoms with Gasteiger partial charge in [0.2, 0.25) is 0 Å². The second-order valence-electron chi connectivity index (χ2n) is 5.98. The van der Waals surface area contributed by atoms with E-state index in [0.29, 0.717) is 11.1 Å².